The minimum atomic E-state index is 0. The minimum absolute atomic E-state index is 0. The fourth-order valence-corrected chi connectivity index (χ4v) is 3.90. The summed E-state index contributed by atoms with van der Waals surface area (Å²) in [6.07, 6.45) is 7.99. The maximum atomic E-state index is 4.01. The Hall–Kier alpha value is -1.94. The monoisotopic (exact) mass is 409 g/mol. The fraction of sp³-hybridized carbons (Fsp3) is 0.370. The van der Waals surface area contributed by atoms with Crippen LogP contribution in [0.2, 0.25) is 0 Å². The van der Waals surface area contributed by atoms with Crippen molar-refractivity contribution in [2.75, 3.05) is 26.2 Å². The van der Waals surface area contributed by atoms with Gasteiger partial charge in [-0.3, -0.25) is 0 Å². The second-order valence-electron chi connectivity index (χ2n) is 7.92. The Kier molecular flexibility index (Phi) is 11.6. The summed E-state index contributed by atoms with van der Waals surface area (Å²) in [4.78, 5) is 4.06. The number of benzene rings is 2. The predicted molar refractivity (Wildman–Crippen MR) is 129 cm³/mol. The number of nitrogens with one attached hydrogen (secondary N) is 3. The molecule has 0 aliphatic carbocycles. The topological polar surface area (TPSA) is 13.3 Å². The van der Waals surface area contributed by atoms with Gasteiger partial charge in [-0.1, -0.05) is 63.4 Å². The largest absolute Gasteiger partial charge is 0.464 e. The molecule has 3 heterocycles. The van der Waals surface area contributed by atoms with Gasteiger partial charge in [-0.05, 0) is 17.7 Å². The summed E-state index contributed by atoms with van der Waals surface area (Å²) in [6, 6.07) is 17.2. The van der Waals surface area contributed by atoms with Crippen molar-refractivity contribution < 1.29 is 14.7 Å². The van der Waals surface area contributed by atoms with E-state index in [1.54, 1.807) is 0 Å². The summed E-state index contributed by atoms with van der Waals surface area (Å²) in [5, 5.41) is 0. The summed E-state index contributed by atoms with van der Waals surface area (Å²) in [5.74, 6) is 0. The minimum Gasteiger partial charge on any atom is -0.464 e. The Morgan fingerprint density at radius 3 is 1.87 bits per heavy atom. The summed E-state index contributed by atoms with van der Waals surface area (Å²) in [5.41, 5.74) is 5.83. The van der Waals surface area contributed by atoms with Gasteiger partial charge < -0.3 is 14.7 Å². The molecule has 0 saturated carbocycles. The molecule has 2 aromatic rings. The molecule has 5 rings (SSSR count). The van der Waals surface area contributed by atoms with Crippen molar-refractivity contribution in [3.8, 4) is 0 Å². The zero-order chi connectivity index (χ0) is 19.8. The van der Waals surface area contributed by atoms with Crippen molar-refractivity contribution in [1.82, 2.24) is 0 Å². The van der Waals surface area contributed by atoms with E-state index in [4.69, 9.17) is 0 Å². The molecule has 3 nitrogen and oxygen atoms in total. The molecule has 3 aliphatic heterocycles. The van der Waals surface area contributed by atoms with Crippen molar-refractivity contribution in [2.24, 2.45) is 0 Å². The van der Waals surface area contributed by atoms with Crippen LogP contribution in [0.3, 0.4) is 0 Å². The average molecular weight is 410 g/mol. The van der Waals surface area contributed by atoms with Gasteiger partial charge >= 0.3 is 0 Å². The summed E-state index contributed by atoms with van der Waals surface area (Å²) >= 11 is 0. The van der Waals surface area contributed by atoms with E-state index < -0.39 is 0 Å². The van der Waals surface area contributed by atoms with Gasteiger partial charge in [-0.15, -0.1) is 7.05 Å². The first-order valence-corrected chi connectivity index (χ1v) is 10.4. The molecule has 0 fully saturated rings. The number of quaternary nitrogens is 3. The second-order valence-corrected chi connectivity index (χ2v) is 7.92. The molecule has 0 amide bonds. The molecule has 3 atom stereocenters. The number of hydrogen-bond acceptors (Lipinski definition) is 0. The van der Waals surface area contributed by atoms with Crippen molar-refractivity contribution in [2.45, 2.75) is 40.7 Å². The van der Waals surface area contributed by atoms with Gasteiger partial charge in [0, 0.05) is 30.4 Å². The molecule has 3 heteroatoms. The van der Waals surface area contributed by atoms with Crippen LogP contribution >= 0.6 is 0 Å². The lowest BCUT2D eigenvalue weighted by molar-refractivity contribution is -0.870. The third-order valence-corrected chi connectivity index (χ3v) is 5.64. The maximum Gasteiger partial charge on any atom is 0.108 e. The van der Waals surface area contributed by atoms with Gasteiger partial charge in [0.1, 0.15) is 5.69 Å². The molecule has 0 saturated heterocycles. The predicted octanol–water partition coefficient (Wildman–Crippen LogP) is 1.86. The Morgan fingerprint density at radius 2 is 1.27 bits per heavy atom. The van der Waals surface area contributed by atoms with Gasteiger partial charge in [0.2, 0.25) is 0 Å². The molecule has 0 bridgehead atoms. The smallest absolute Gasteiger partial charge is 0.108 e. The normalized spacial score (nSPS) is 23.1. The van der Waals surface area contributed by atoms with Crippen LogP contribution < -0.4 is 14.7 Å². The van der Waals surface area contributed by atoms with E-state index in [2.05, 4.69) is 81.8 Å². The van der Waals surface area contributed by atoms with E-state index in [9.17, 15) is 0 Å². The molecule has 3 aliphatic rings. The molecule has 0 spiro atoms. The lowest BCUT2D eigenvalue weighted by atomic mass is 10.0. The van der Waals surface area contributed by atoms with Gasteiger partial charge in [0.25, 0.3) is 0 Å². The maximum absolute atomic E-state index is 4.01. The lowest BCUT2D eigenvalue weighted by Crippen LogP contribution is -3.07. The van der Waals surface area contributed by atoms with Crippen LogP contribution in [-0.4, -0.2) is 26.2 Å². The quantitative estimate of drug-likeness (QED) is 0.434. The first kappa shape index (κ1) is 26.1. The highest BCUT2D eigenvalue weighted by molar-refractivity contribution is 5.41. The summed E-state index contributed by atoms with van der Waals surface area (Å²) in [6.45, 7) is 5.74. The van der Waals surface area contributed by atoms with Crippen LogP contribution in [0.15, 0.2) is 60.7 Å². The van der Waals surface area contributed by atoms with Gasteiger partial charge in [-0.2, -0.15) is 14.1 Å². The molecule has 3 N–H and O–H groups in total. The molecule has 30 heavy (non-hydrogen) atoms. The van der Waals surface area contributed by atoms with E-state index in [1.165, 1.54) is 69.4 Å². The molecular weight excluding hydrogens is 366 g/mol. The Morgan fingerprint density at radius 1 is 0.633 bits per heavy atom. The van der Waals surface area contributed by atoms with Gasteiger partial charge in [0.05, 0.1) is 32.7 Å². The summed E-state index contributed by atoms with van der Waals surface area (Å²) in [7, 11) is 11.9. The van der Waals surface area contributed by atoms with Crippen LogP contribution in [-0.2, 0) is 19.4 Å². The van der Waals surface area contributed by atoms with Crippen molar-refractivity contribution in [3.05, 3.63) is 98.5 Å². The van der Waals surface area contributed by atoms with Crippen LogP contribution in [0.25, 0.3) is 0 Å². The zero-order valence-corrected chi connectivity index (χ0v) is 17.1. The number of fused-ring (bicyclic) bond motifs is 2. The lowest BCUT2D eigenvalue weighted by Gasteiger charge is -2.27. The van der Waals surface area contributed by atoms with Gasteiger partial charge in [0.15, 0.2) is 0 Å². The molecule has 0 aromatic heterocycles. The zero-order valence-electron chi connectivity index (χ0n) is 17.1. The van der Waals surface area contributed by atoms with Crippen molar-refractivity contribution in [1.29, 1.82) is 0 Å². The third-order valence-electron chi connectivity index (χ3n) is 5.64. The first-order valence-electron chi connectivity index (χ1n) is 10.4. The first-order chi connectivity index (χ1) is 13.6. The molecule has 0 radical (unpaired) electrons. The highest BCUT2D eigenvalue weighted by atomic mass is 15.1. The second kappa shape index (κ2) is 13.4. The third kappa shape index (κ3) is 7.71. The Bertz CT molecular complexity index is 768. The van der Waals surface area contributed by atoms with Crippen LogP contribution in [0.1, 0.15) is 38.0 Å². The summed E-state index contributed by atoms with van der Waals surface area (Å²) < 4.78 is 0. The molecule has 2 aromatic carbocycles. The molecule has 166 valence electrons. The Labute approximate surface area is 186 Å². The SMILES string of the molecule is C.C.[CH2-][NH+]1CC=CCC1.[CH2-][NH+]1CCc2ccccc21.[CH2-][NH+]1CCc2ccccc2C1. The van der Waals surface area contributed by atoms with Crippen molar-refractivity contribution >= 4 is 5.69 Å². The number of rotatable bonds is 0. The van der Waals surface area contributed by atoms with E-state index in [-0.39, 0.29) is 14.9 Å². The van der Waals surface area contributed by atoms with Crippen LogP contribution in [0, 0.1) is 21.1 Å². The van der Waals surface area contributed by atoms with E-state index in [0.717, 1.165) is 19.6 Å². The number of hydrogen-bond donors (Lipinski definition) is 3. The number of para-hydroxylation sites is 1. The molecule has 3 unspecified atom stereocenters. The van der Waals surface area contributed by atoms with Gasteiger partial charge in [-0.25, -0.2) is 0 Å². The Balaban J connectivity index is 0.000000223. The van der Waals surface area contributed by atoms with E-state index in [0.29, 0.717) is 0 Å². The van der Waals surface area contributed by atoms with E-state index in [1.807, 2.05) is 0 Å². The van der Waals surface area contributed by atoms with Crippen molar-refractivity contribution in [3.63, 3.8) is 0 Å². The van der Waals surface area contributed by atoms with Crippen LogP contribution in [0.4, 0.5) is 5.69 Å². The standard InChI is InChI=1S/C10H13N.C9H11N.C6H11N.2CH4/c1-11-7-6-9-4-2-3-5-10(9)8-11;1-10-7-6-8-4-2-3-5-9(8)10;1-7-5-3-2-4-6-7;;/h2-5,11H,1,6-8H2;2-5,10H,1,6-7H2;2-3,7H,1,4-6H2;2*1H4. The highest BCUT2D eigenvalue weighted by Gasteiger charge is 2.15. The average Bonchev–Trinajstić information content (AvgIpc) is 3.11. The van der Waals surface area contributed by atoms with E-state index >= 15 is 0 Å². The van der Waals surface area contributed by atoms with Crippen LogP contribution in [0.5, 0.6) is 0 Å². The highest BCUT2D eigenvalue weighted by Crippen LogP contribution is 2.14. The fourth-order valence-electron chi connectivity index (χ4n) is 3.90. The molecular formula is C27H43N3.